The maximum atomic E-state index is 12.2. The third-order valence-corrected chi connectivity index (χ3v) is 3.45. The third kappa shape index (κ3) is 3.79. The number of carbonyl (C=O) groups excluding carboxylic acids is 1. The Kier molecular flexibility index (Phi) is 4.89. The number of benzene rings is 1. The van der Waals surface area contributed by atoms with Gasteiger partial charge in [0.05, 0.1) is 30.4 Å². The number of anilines is 1. The lowest BCUT2D eigenvalue weighted by Gasteiger charge is -2.33. The fourth-order valence-electron chi connectivity index (χ4n) is 2.14. The second-order valence-corrected chi connectivity index (χ2v) is 4.84. The second kappa shape index (κ2) is 6.85. The fourth-order valence-corrected chi connectivity index (χ4v) is 2.14. The molecule has 1 aliphatic rings. The van der Waals surface area contributed by atoms with Crippen LogP contribution in [0.1, 0.15) is 12.5 Å². The summed E-state index contributed by atoms with van der Waals surface area (Å²) in [5.74, 6) is -0.140. The number of rotatable bonds is 3. The van der Waals surface area contributed by atoms with Crippen LogP contribution in [0.5, 0.6) is 0 Å². The Morgan fingerprint density at radius 1 is 1.43 bits per heavy atom. The van der Waals surface area contributed by atoms with Crippen LogP contribution in [0.4, 0.5) is 5.69 Å². The molecule has 1 N–H and O–H groups in total. The monoisotopic (exact) mass is 284 g/mol. The molecular weight excluding hydrogens is 268 g/mol. The van der Waals surface area contributed by atoms with Crippen LogP contribution in [0, 0.1) is 22.7 Å². The Labute approximate surface area is 123 Å². The molecule has 2 rings (SSSR count). The number of amides is 1. The van der Waals surface area contributed by atoms with Crippen LogP contribution in [0.25, 0.3) is 0 Å². The summed E-state index contributed by atoms with van der Waals surface area (Å²) in [6.07, 6.45) is -0.482. The summed E-state index contributed by atoms with van der Waals surface area (Å²) in [7, 11) is 0. The number of hydrogen-bond donors (Lipinski definition) is 1. The van der Waals surface area contributed by atoms with Gasteiger partial charge < -0.3 is 10.1 Å². The molecular formula is C15H16N4O2. The zero-order valence-corrected chi connectivity index (χ0v) is 11.7. The molecule has 1 saturated heterocycles. The van der Waals surface area contributed by atoms with Crippen molar-refractivity contribution in [3.8, 4) is 12.1 Å². The van der Waals surface area contributed by atoms with Gasteiger partial charge in [0.25, 0.3) is 0 Å². The predicted molar refractivity (Wildman–Crippen MR) is 76.2 cm³/mol. The molecule has 2 unspecified atom stereocenters. The van der Waals surface area contributed by atoms with Crippen LogP contribution in [0.2, 0.25) is 0 Å². The van der Waals surface area contributed by atoms with Gasteiger partial charge in [0.1, 0.15) is 0 Å². The average molecular weight is 284 g/mol. The van der Waals surface area contributed by atoms with Crippen molar-refractivity contribution in [2.24, 2.45) is 0 Å². The molecule has 1 fully saturated rings. The second-order valence-electron chi connectivity index (χ2n) is 4.84. The van der Waals surface area contributed by atoms with E-state index in [1.54, 1.807) is 31.2 Å². The van der Waals surface area contributed by atoms with Crippen molar-refractivity contribution in [2.45, 2.75) is 19.1 Å². The zero-order valence-electron chi connectivity index (χ0n) is 11.7. The topological polar surface area (TPSA) is 89.2 Å². The zero-order chi connectivity index (χ0) is 15.2. The van der Waals surface area contributed by atoms with Crippen LogP contribution in [-0.4, -0.2) is 42.6 Å². The lowest BCUT2D eigenvalue weighted by Crippen LogP contribution is -2.50. The van der Waals surface area contributed by atoms with Crippen molar-refractivity contribution in [1.29, 1.82) is 10.5 Å². The fraction of sp³-hybridized carbons (Fsp3) is 0.400. The van der Waals surface area contributed by atoms with E-state index >= 15 is 0 Å². The minimum Gasteiger partial charge on any atom is -0.361 e. The molecule has 1 aromatic carbocycles. The number of nitrogens with one attached hydrogen (secondary N) is 1. The molecule has 0 radical (unpaired) electrons. The molecule has 0 aliphatic carbocycles. The van der Waals surface area contributed by atoms with Gasteiger partial charge in [-0.05, 0) is 31.2 Å². The third-order valence-electron chi connectivity index (χ3n) is 3.45. The first-order valence-electron chi connectivity index (χ1n) is 6.70. The van der Waals surface area contributed by atoms with E-state index in [0.29, 0.717) is 30.9 Å². The van der Waals surface area contributed by atoms with Gasteiger partial charge in [0.15, 0.2) is 6.10 Å². The van der Waals surface area contributed by atoms with E-state index in [0.717, 1.165) is 0 Å². The highest BCUT2D eigenvalue weighted by Gasteiger charge is 2.27. The van der Waals surface area contributed by atoms with E-state index in [1.165, 1.54) is 0 Å². The van der Waals surface area contributed by atoms with Crippen LogP contribution in [0.15, 0.2) is 24.3 Å². The number of nitrogens with zero attached hydrogens (tertiary/aromatic N) is 3. The van der Waals surface area contributed by atoms with E-state index in [4.69, 9.17) is 15.3 Å². The lowest BCUT2D eigenvalue weighted by atomic mass is 10.2. The number of nitriles is 2. The van der Waals surface area contributed by atoms with E-state index in [9.17, 15) is 4.79 Å². The van der Waals surface area contributed by atoms with Gasteiger partial charge in [-0.25, -0.2) is 0 Å². The highest BCUT2D eigenvalue weighted by molar-refractivity contribution is 5.94. The average Bonchev–Trinajstić information content (AvgIpc) is 2.54. The van der Waals surface area contributed by atoms with Gasteiger partial charge in [0.2, 0.25) is 5.91 Å². The first-order chi connectivity index (χ1) is 10.1. The standard InChI is InChI=1S/C15H16N4O2/c1-11(19-6-7-21-14(9-17)10-19)15(20)18-13-4-2-12(8-16)3-5-13/h2-5,11,14H,6-7,10H2,1H3,(H,18,20). The first kappa shape index (κ1) is 15.0. The molecule has 1 aromatic rings. The Bertz CT molecular complexity index is 585. The molecule has 0 spiro atoms. The predicted octanol–water partition coefficient (Wildman–Crippen LogP) is 1.11. The lowest BCUT2D eigenvalue weighted by molar-refractivity contribution is -0.123. The van der Waals surface area contributed by atoms with Crippen molar-refractivity contribution >= 4 is 11.6 Å². The maximum Gasteiger partial charge on any atom is 0.241 e. The van der Waals surface area contributed by atoms with Crippen LogP contribution >= 0.6 is 0 Å². The molecule has 2 atom stereocenters. The van der Waals surface area contributed by atoms with Gasteiger partial charge in [0, 0.05) is 18.8 Å². The highest BCUT2D eigenvalue weighted by Crippen LogP contribution is 2.13. The van der Waals surface area contributed by atoms with E-state index in [1.807, 2.05) is 11.0 Å². The largest absolute Gasteiger partial charge is 0.361 e. The Hall–Kier alpha value is -2.41. The summed E-state index contributed by atoms with van der Waals surface area (Å²) in [4.78, 5) is 14.1. The number of carbonyl (C=O) groups is 1. The molecule has 1 aliphatic heterocycles. The summed E-state index contributed by atoms with van der Waals surface area (Å²) in [6, 6.07) is 10.4. The van der Waals surface area contributed by atoms with E-state index in [-0.39, 0.29) is 11.9 Å². The minimum atomic E-state index is -0.482. The normalized spacial score (nSPS) is 20.0. The first-order valence-corrected chi connectivity index (χ1v) is 6.70. The van der Waals surface area contributed by atoms with Crippen molar-refractivity contribution < 1.29 is 9.53 Å². The van der Waals surface area contributed by atoms with Gasteiger partial charge in [-0.1, -0.05) is 0 Å². The van der Waals surface area contributed by atoms with Crippen LogP contribution < -0.4 is 5.32 Å². The molecule has 1 amide bonds. The van der Waals surface area contributed by atoms with Crippen molar-refractivity contribution in [2.75, 3.05) is 25.0 Å². The number of morpholine rings is 1. The maximum absolute atomic E-state index is 12.2. The number of hydrogen-bond acceptors (Lipinski definition) is 5. The Morgan fingerprint density at radius 2 is 2.14 bits per heavy atom. The van der Waals surface area contributed by atoms with Crippen molar-refractivity contribution in [3.63, 3.8) is 0 Å². The van der Waals surface area contributed by atoms with Gasteiger partial charge >= 0.3 is 0 Å². The highest BCUT2D eigenvalue weighted by atomic mass is 16.5. The summed E-state index contributed by atoms with van der Waals surface area (Å²) in [5.41, 5.74) is 1.20. The van der Waals surface area contributed by atoms with Gasteiger partial charge in [-0.3, -0.25) is 9.69 Å². The molecule has 108 valence electrons. The quantitative estimate of drug-likeness (QED) is 0.898. The summed E-state index contributed by atoms with van der Waals surface area (Å²) < 4.78 is 5.27. The summed E-state index contributed by atoms with van der Waals surface area (Å²) in [5, 5.41) is 20.4. The van der Waals surface area contributed by atoms with Crippen molar-refractivity contribution in [3.05, 3.63) is 29.8 Å². The van der Waals surface area contributed by atoms with Gasteiger partial charge in [-0.15, -0.1) is 0 Å². The Morgan fingerprint density at radius 3 is 2.76 bits per heavy atom. The minimum absolute atomic E-state index is 0.140. The summed E-state index contributed by atoms with van der Waals surface area (Å²) >= 11 is 0. The summed E-state index contributed by atoms with van der Waals surface area (Å²) in [6.45, 7) is 3.31. The molecule has 6 heteroatoms. The molecule has 6 nitrogen and oxygen atoms in total. The molecule has 21 heavy (non-hydrogen) atoms. The Balaban J connectivity index is 1.96. The van der Waals surface area contributed by atoms with Crippen LogP contribution in [0.3, 0.4) is 0 Å². The van der Waals surface area contributed by atoms with E-state index in [2.05, 4.69) is 11.4 Å². The van der Waals surface area contributed by atoms with Crippen LogP contribution in [-0.2, 0) is 9.53 Å². The van der Waals surface area contributed by atoms with E-state index < -0.39 is 6.10 Å². The smallest absolute Gasteiger partial charge is 0.241 e. The molecule has 0 bridgehead atoms. The molecule has 1 heterocycles. The SMILES string of the molecule is CC(C(=O)Nc1ccc(C#N)cc1)N1CCOC(C#N)C1. The molecule has 0 saturated carbocycles. The number of ether oxygens (including phenoxy) is 1. The molecule has 0 aromatic heterocycles. The van der Waals surface area contributed by atoms with Gasteiger partial charge in [-0.2, -0.15) is 10.5 Å². The van der Waals surface area contributed by atoms with Crippen molar-refractivity contribution in [1.82, 2.24) is 4.90 Å².